The number of benzene rings is 1. The number of amides is 1. The Morgan fingerprint density at radius 3 is 2.82 bits per heavy atom. The van der Waals surface area contributed by atoms with E-state index in [2.05, 4.69) is 10.3 Å². The summed E-state index contributed by atoms with van der Waals surface area (Å²) in [6.45, 7) is 0.218. The average Bonchev–Trinajstić information content (AvgIpc) is 2.81. The second-order valence-corrected chi connectivity index (χ2v) is 3.76. The highest BCUT2D eigenvalue weighted by molar-refractivity contribution is 5.78. The van der Waals surface area contributed by atoms with Crippen LogP contribution in [-0.2, 0) is 17.8 Å². The molecular formula is C13H13FN2O. The second-order valence-electron chi connectivity index (χ2n) is 3.76. The first-order valence-corrected chi connectivity index (χ1v) is 5.37. The highest BCUT2D eigenvalue weighted by Crippen LogP contribution is 2.05. The van der Waals surface area contributed by atoms with Crippen molar-refractivity contribution in [3.8, 4) is 0 Å². The molecule has 0 atom stereocenters. The predicted octanol–water partition coefficient (Wildman–Crippen LogP) is 2.01. The van der Waals surface area contributed by atoms with Crippen LogP contribution in [-0.4, -0.2) is 10.9 Å². The highest BCUT2D eigenvalue weighted by Gasteiger charge is 2.05. The molecule has 2 aromatic rings. The molecule has 2 N–H and O–H groups in total. The molecule has 1 heterocycles. The molecule has 1 aromatic carbocycles. The van der Waals surface area contributed by atoms with Gasteiger partial charge in [0.15, 0.2) is 0 Å². The van der Waals surface area contributed by atoms with E-state index in [0.717, 1.165) is 5.56 Å². The van der Waals surface area contributed by atoms with Crippen LogP contribution in [0.15, 0.2) is 42.7 Å². The van der Waals surface area contributed by atoms with Gasteiger partial charge in [0.05, 0.1) is 6.42 Å². The SMILES string of the molecule is O=C(Cc1cc[nH]c1)NCc1ccccc1F. The Hall–Kier alpha value is -2.10. The van der Waals surface area contributed by atoms with E-state index in [1.165, 1.54) is 6.07 Å². The standard InChI is InChI=1S/C13H13FN2O/c14-12-4-2-1-3-11(12)9-16-13(17)7-10-5-6-15-8-10/h1-6,8,15H,7,9H2,(H,16,17). The maximum Gasteiger partial charge on any atom is 0.224 e. The summed E-state index contributed by atoms with van der Waals surface area (Å²) in [5.41, 5.74) is 1.41. The Balaban J connectivity index is 1.86. The molecule has 17 heavy (non-hydrogen) atoms. The smallest absolute Gasteiger partial charge is 0.224 e. The number of rotatable bonds is 4. The van der Waals surface area contributed by atoms with Crippen molar-refractivity contribution >= 4 is 5.91 Å². The lowest BCUT2D eigenvalue weighted by molar-refractivity contribution is -0.120. The molecule has 3 nitrogen and oxygen atoms in total. The summed E-state index contributed by atoms with van der Waals surface area (Å²) in [5.74, 6) is -0.415. The number of hydrogen-bond donors (Lipinski definition) is 2. The molecule has 0 unspecified atom stereocenters. The number of carbonyl (C=O) groups is 1. The maximum atomic E-state index is 13.3. The molecule has 1 amide bonds. The third-order valence-corrected chi connectivity index (χ3v) is 2.46. The van der Waals surface area contributed by atoms with Gasteiger partial charge in [0.1, 0.15) is 5.82 Å². The number of aromatic amines is 1. The molecule has 0 fully saturated rings. The van der Waals surface area contributed by atoms with Crippen LogP contribution in [0.5, 0.6) is 0 Å². The fourth-order valence-corrected chi connectivity index (χ4v) is 1.55. The first-order valence-electron chi connectivity index (χ1n) is 5.37. The van der Waals surface area contributed by atoms with Crippen LogP contribution >= 0.6 is 0 Å². The summed E-state index contributed by atoms with van der Waals surface area (Å²) < 4.78 is 13.3. The van der Waals surface area contributed by atoms with Crippen LogP contribution in [0, 0.1) is 5.82 Å². The Labute approximate surface area is 98.7 Å². The second kappa shape index (κ2) is 5.30. The van der Waals surface area contributed by atoms with Crippen molar-refractivity contribution < 1.29 is 9.18 Å². The van der Waals surface area contributed by atoms with E-state index in [4.69, 9.17) is 0 Å². The molecule has 4 heteroatoms. The number of hydrogen-bond acceptors (Lipinski definition) is 1. The van der Waals surface area contributed by atoms with E-state index in [1.54, 1.807) is 30.6 Å². The minimum Gasteiger partial charge on any atom is -0.367 e. The molecule has 0 aliphatic rings. The van der Waals surface area contributed by atoms with Crippen molar-refractivity contribution in [3.63, 3.8) is 0 Å². The van der Waals surface area contributed by atoms with Gasteiger partial charge in [-0.25, -0.2) is 4.39 Å². The van der Waals surface area contributed by atoms with Crippen molar-refractivity contribution in [2.45, 2.75) is 13.0 Å². The average molecular weight is 232 g/mol. The molecule has 0 bridgehead atoms. The zero-order valence-electron chi connectivity index (χ0n) is 9.24. The molecule has 0 spiro atoms. The van der Waals surface area contributed by atoms with Crippen LogP contribution in [0.2, 0.25) is 0 Å². The first kappa shape index (κ1) is 11.4. The van der Waals surface area contributed by atoms with Gasteiger partial charge in [-0.05, 0) is 17.7 Å². The van der Waals surface area contributed by atoms with Crippen molar-refractivity contribution in [1.29, 1.82) is 0 Å². The van der Waals surface area contributed by atoms with E-state index >= 15 is 0 Å². The van der Waals surface area contributed by atoms with Gasteiger partial charge in [-0.15, -0.1) is 0 Å². The minimum atomic E-state index is -0.297. The van der Waals surface area contributed by atoms with Crippen LogP contribution in [0.25, 0.3) is 0 Å². The maximum absolute atomic E-state index is 13.3. The van der Waals surface area contributed by atoms with Gasteiger partial charge in [0.2, 0.25) is 5.91 Å². The molecule has 0 saturated heterocycles. The third kappa shape index (κ3) is 3.17. The fourth-order valence-electron chi connectivity index (χ4n) is 1.55. The largest absolute Gasteiger partial charge is 0.367 e. The lowest BCUT2D eigenvalue weighted by Gasteiger charge is -2.05. The van der Waals surface area contributed by atoms with Gasteiger partial charge in [-0.1, -0.05) is 18.2 Å². The molecule has 2 rings (SSSR count). The molecule has 0 aliphatic heterocycles. The quantitative estimate of drug-likeness (QED) is 0.832. The molecule has 88 valence electrons. The summed E-state index contributed by atoms with van der Waals surface area (Å²) in [6, 6.07) is 8.25. The number of halogens is 1. The van der Waals surface area contributed by atoms with Gasteiger partial charge in [-0.3, -0.25) is 4.79 Å². The zero-order valence-corrected chi connectivity index (χ0v) is 9.24. The summed E-state index contributed by atoms with van der Waals surface area (Å²) >= 11 is 0. The zero-order chi connectivity index (χ0) is 12.1. The Morgan fingerprint density at radius 2 is 2.12 bits per heavy atom. The summed E-state index contributed by atoms with van der Waals surface area (Å²) in [7, 11) is 0. The minimum absolute atomic E-state index is 0.118. The fraction of sp³-hybridized carbons (Fsp3) is 0.154. The van der Waals surface area contributed by atoms with Gasteiger partial charge >= 0.3 is 0 Å². The number of aromatic nitrogens is 1. The van der Waals surface area contributed by atoms with E-state index in [-0.39, 0.29) is 18.3 Å². The molecular weight excluding hydrogens is 219 g/mol. The van der Waals surface area contributed by atoms with Crippen LogP contribution in [0.1, 0.15) is 11.1 Å². The first-order chi connectivity index (χ1) is 8.25. The van der Waals surface area contributed by atoms with Crippen LogP contribution in [0.3, 0.4) is 0 Å². The monoisotopic (exact) mass is 232 g/mol. The highest BCUT2D eigenvalue weighted by atomic mass is 19.1. The summed E-state index contributed by atoms with van der Waals surface area (Å²) in [6.07, 6.45) is 3.83. The van der Waals surface area contributed by atoms with E-state index < -0.39 is 0 Å². The van der Waals surface area contributed by atoms with Gasteiger partial charge < -0.3 is 10.3 Å². The molecule has 0 saturated carbocycles. The lowest BCUT2D eigenvalue weighted by atomic mass is 10.2. The number of carbonyl (C=O) groups excluding carboxylic acids is 1. The van der Waals surface area contributed by atoms with Gasteiger partial charge in [0, 0.05) is 24.5 Å². The molecule has 0 aliphatic carbocycles. The Bertz CT molecular complexity index is 494. The van der Waals surface area contributed by atoms with Crippen LogP contribution < -0.4 is 5.32 Å². The topological polar surface area (TPSA) is 44.9 Å². The van der Waals surface area contributed by atoms with Crippen LogP contribution in [0.4, 0.5) is 4.39 Å². The summed E-state index contributed by atoms with van der Waals surface area (Å²) in [5, 5.41) is 2.69. The normalized spacial score (nSPS) is 10.2. The number of H-pyrrole nitrogens is 1. The van der Waals surface area contributed by atoms with Crippen molar-refractivity contribution in [3.05, 3.63) is 59.7 Å². The molecule has 0 radical (unpaired) electrons. The van der Waals surface area contributed by atoms with Gasteiger partial charge in [-0.2, -0.15) is 0 Å². The van der Waals surface area contributed by atoms with Crippen molar-refractivity contribution in [2.75, 3.05) is 0 Å². The lowest BCUT2D eigenvalue weighted by Crippen LogP contribution is -2.24. The van der Waals surface area contributed by atoms with E-state index in [0.29, 0.717) is 12.0 Å². The Morgan fingerprint density at radius 1 is 1.29 bits per heavy atom. The van der Waals surface area contributed by atoms with E-state index in [1.807, 2.05) is 6.07 Å². The van der Waals surface area contributed by atoms with Gasteiger partial charge in [0.25, 0.3) is 0 Å². The number of nitrogens with one attached hydrogen (secondary N) is 2. The summed E-state index contributed by atoms with van der Waals surface area (Å²) in [4.78, 5) is 14.4. The molecule has 1 aromatic heterocycles. The predicted molar refractivity (Wildman–Crippen MR) is 62.7 cm³/mol. The Kier molecular flexibility index (Phi) is 3.55. The van der Waals surface area contributed by atoms with E-state index in [9.17, 15) is 9.18 Å². The van der Waals surface area contributed by atoms with Crippen molar-refractivity contribution in [2.24, 2.45) is 0 Å². The third-order valence-electron chi connectivity index (χ3n) is 2.46. The van der Waals surface area contributed by atoms with Crippen molar-refractivity contribution in [1.82, 2.24) is 10.3 Å².